The molecule has 0 amide bonds. The molecule has 0 aromatic rings. The summed E-state index contributed by atoms with van der Waals surface area (Å²) in [6, 6.07) is 0.234. The predicted octanol–water partition coefficient (Wildman–Crippen LogP) is 1.49. The quantitative estimate of drug-likeness (QED) is 0.734. The molecule has 0 aromatic carbocycles. The molecule has 78 valence electrons. The summed E-state index contributed by atoms with van der Waals surface area (Å²) in [6.45, 7) is -0.152. The van der Waals surface area contributed by atoms with Gasteiger partial charge in [0.05, 0.1) is 12.6 Å². The lowest BCUT2D eigenvalue weighted by Crippen LogP contribution is -2.38. The van der Waals surface area contributed by atoms with Gasteiger partial charge in [-0.2, -0.15) is 0 Å². The minimum absolute atomic E-state index is 0.152. The highest BCUT2D eigenvalue weighted by molar-refractivity contribution is 4.77. The van der Waals surface area contributed by atoms with E-state index in [0.29, 0.717) is 0 Å². The van der Waals surface area contributed by atoms with E-state index in [1.54, 1.807) is 11.9 Å². The van der Waals surface area contributed by atoms with Crippen LogP contribution in [0.25, 0.3) is 0 Å². The number of halogens is 2. The molecule has 1 rings (SSSR count). The van der Waals surface area contributed by atoms with Gasteiger partial charge in [-0.3, -0.25) is 4.90 Å². The third-order valence-corrected chi connectivity index (χ3v) is 2.72. The topological polar surface area (TPSA) is 23.5 Å². The van der Waals surface area contributed by atoms with Crippen molar-refractivity contribution in [3.63, 3.8) is 0 Å². The van der Waals surface area contributed by atoms with Gasteiger partial charge in [-0.1, -0.05) is 0 Å². The second-order valence-electron chi connectivity index (χ2n) is 3.79. The van der Waals surface area contributed by atoms with E-state index in [0.717, 1.165) is 25.7 Å². The number of aliphatic hydroxyl groups excluding tert-OH is 1. The molecule has 0 aromatic heterocycles. The van der Waals surface area contributed by atoms with Gasteiger partial charge in [0.1, 0.15) is 0 Å². The van der Waals surface area contributed by atoms with Crippen molar-refractivity contribution < 1.29 is 13.9 Å². The largest absolute Gasteiger partial charge is 0.393 e. The Morgan fingerprint density at radius 1 is 1.31 bits per heavy atom. The molecule has 1 aliphatic rings. The summed E-state index contributed by atoms with van der Waals surface area (Å²) in [4.78, 5) is 1.70. The molecule has 1 N–H and O–H groups in total. The van der Waals surface area contributed by atoms with Crippen molar-refractivity contribution in [1.29, 1.82) is 0 Å². The van der Waals surface area contributed by atoms with Crippen molar-refractivity contribution in [2.45, 2.75) is 44.3 Å². The first kappa shape index (κ1) is 10.9. The summed E-state index contributed by atoms with van der Waals surface area (Å²) in [5.74, 6) is 0. The predicted molar refractivity (Wildman–Crippen MR) is 46.9 cm³/mol. The Bertz CT molecular complexity index is 147. The van der Waals surface area contributed by atoms with Crippen molar-refractivity contribution in [2.24, 2.45) is 0 Å². The first-order valence-electron chi connectivity index (χ1n) is 4.76. The summed E-state index contributed by atoms with van der Waals surface area (Å²) in [5.41, 5.74) is 0. The Labute approximate surface area is 77.5 Å². The molecule has 0 unspecified atom stereocenters. The Morgan fingerprint density at radius 2 is 1.85 bits per heavy atom. The molecule has 4 heteroatoms. The van der Waals surface area contributed by atoms with Crippen LogP contribution in [0.15, 0.2) is 0 Å². The smallest absolute Gasteiger partial charge is 0.251 e. The fourth-order valence-corrected chi connectivity index (χ4v) is 1.87. The zero-order chi connectivity index (χ0) is 9.84. The molecule has 1 saturated carbocycles. The summed E-state index contributed by atoms with van der Waals surface area (Å²) in [5, 5.41) is 9.22. The zero-order valence-electron chi connectivity index (χ0n) is 7.92. The number of rotatable bonds is 3. The lowest BCUT2D eigenvalue weighted by Gasteiger charge is -2.32. The normalized spacial score (nSPS) is 30.0. The Morgan fingerprint density at radius 3 is 2.31 bits per heavy atom. The van der Waals surface area contributed by atoms with Crippen LogP contribution in [0.3, 0.4) is 0 Å². The van der Waals surface area contributed by atoms with Crippen LogP contribution in [0.4, 0.5) is 8.78 Å². The number of hydrogen-bond donors (Lipinski definition) is 1. The summed E-state index contributed by atoms with van der Waals surface area (Å²) < 4.78 is 24.1. The van der Waals surface area contributed by atoms with Gasteiger partial charge in [0.25, 0.3) is 6.43 Å². The van der Waals surface area contributed by atoms with Crippen LogP contribution in [0.1, 0.15) is 25.7 Å². The van der Waals surface area contributed by atoms with Crippen LogP contribution in [0.5, 0.6) is 0 Å². The fourth-order valence-electron chi connectivity index (χ4n) is 1.87. The number of alkyl halides is 2. The Hall–Kier alpha value is -0.220. The van der Waals surface area contributed by atoms with E-state index in [4.69, 9.17) is 0 Å². The van der Waals surface area contributed by atoms with E-state index in [-0.39, 0.29) is 18.7 Å². The standard InChI is InChI=1S/C9H17F2NO/c1-12(6-9(10)11)7-2-4-8(13)5-3-7/h7-9,13H,2-6H2,1H3. The van der Waals surface area contributed by atoms with Crippen molar-refractivity contribution in [2.75, 3.05) is 13.6 Å². The average molecular weight is 193 g/mol. The van der Waals surface area contributed by atoms with Gasteiger partial charge < -0.3 is 5.11 Å². The van der Waals surface area contributed by atoms with Crippen LogP contribution in [0, 0.1) is 0 Å². The van der Waals surface area contributed by atoms with E-state index in [9.17, 15) is 13.9 Å². The van der Waals surface area contributed by atoms with E-state index in [2.05, 4.69) is 0 Å². The Kier molecular flexibility index (Phi) is 4.06. The lowest BCUT2D eigenvalue weighted by molar-refractivity contribution is 0.0460. The van der Waals surface area contributed by atoms with Gasteiger partial charge in [-0.25, -0.2) is 8.78 Å². The maximum atomic E-state index is 12.0. The van der Waals surface area contributed by atoms with Gasteiger partial charge >= 0.3 is 0 Å². The van der Waals surface area contributed by atoms with Crippen molar-refractivity contribution in [3.05, 3.63) is 0 Å². The fraction of sp³-hybridized carbons (Fsp3) is 1.00. The molecule has 0 spiro atoms. The van der Waals surface area contributed by atoms with Crippen LogP contribution in [-0.2, 0) is 0 Å². The SMILES string of the molecule is CN(CC(F)F)C1CCC(O)CC1. The molecule has 2 nitrogen and oxygen atoms in total. The van der Waals surface area contributed by atoms with Crippen LogP contribution in [-0.4, -0.2) is 42.2 Å². The molecule has 0 aliphatic heterocycles. The van der Waals surface area contributed by atoms with Gasteiger partial charge in [-0.15, -0.1) is 0 Å². The van der Waals surface area contributed by atoms with Gasteiger partial charge in [-0.05, 0) is 32.7 Å². The molecule has 1 aliphatic carbocycles. The van der Waals surface area contributed by atoms with Crippen LogP contribution in [0.2, 0.25) is 0 Å². The highest BCUT2D eigenvalue weighted by Gasteiger charge is 2.23. The van der Waals surface area contributed by atoms with Gasteiger partial charge in [0.2, 0.25) is 0 Å². The van der Waals surface area contributed by atoms with E-state index >= 15 is 0 Å². The van der Waals surface area contributed by atoms with E-state index < -0.39 is 6.43 Å². The summed E-state index contributed by atoms with van der Waals surface area (Å²) in [6.07, 6.45) is 0.707. The molecular formula is C9H17F2NO. The Balaban J connectivity index is 2.27. The van der Waals surface area contributed by atoms with Crippen molar-refractivity contribution >= 4 is 0 Å². The molecule has 0 heterocycles. The zero-order valence-corrected chi connectivity index (χ0v) is 7.92. The van der Waals surface area contributed by atoms with E-state index in [1.807, 2.05) is 0 Å². The van der Waals surface area contributed by atoms with Gasteiger partial charge in [0, 0.05) is 6.04 Å². The molecule has 0 bridgehead atoms. The second kappa shape index (κ2) is 4.86. The second-order valence-corrected chi connectivity index (χ2v) is 3.79. The maximum absolute atomic E-state index is 12.0. The van der Waals surface area contributed by atoms with Gasteiger partial charge in [0.15, 0.2) is 0 Å². The van der Waals surface area contributed by atoms with Crippen LogP contribution >= 0.6 is 0 Å². The van der Waals surface area contributed by atoms with Crippen molar-refractivity contribution in [3.8, 4) is 0 Å². The maximum Gasteiger partial charge on any atom is 0.251 e. The minimum Gasteiger partial charge on any atom is -0.393 e. The van der Waals surface area contributed by atoms with E-state index in [1.165, 1.54) is 0 Å². The monoisotopic (exact) mass is 193 g/mol. The lowest BCUT2D eigenvalue weighted by atomic mass is 9.92. The molecular weight excluding hydrogens is 176 g/mol. The third kappa shape index (κ3) is 3.56. The van der Waals surface area contributed by atoms with Crippen LogP contribution < -0.4 is 0 Å². The highest BCUT2D eigenvalue weighted by atomic mass is 19.3. The van der Waals surface area contributed by atoms with Crippen molar-refractivity contribution in [1.82, 2.24) is 4.90 Å². The molecule has 0 radical (unpaired) electrons. The molecule has 1 fully saturated rings. The number of nitrogens with zero attached hydrogens (tertiary/aromatic N) is 1. The minimum atomic E-state index is -2.25. The molecule has 13 heavy (non-hydrogen) atoms. The third-order valence-electron chi connectivity index (χ3n) is 2.72. The highest BCUT2D eigenvalue weighted by Crippen LogP contribution is 2.22. The average Bonchev–Trinajstić information content (AvgIpc) is 2.04. The summed E-state index contributed by atoms with van der Waals surface area (Å²) >= 11 is 0. The number of hydrogen-bond acceptors (Lipinski definition) is 2. The molecule has 0 atom stereocenters. The number of aliphatic hydroxyl groups is 1. The first-order valence-corrected chi connectivity index (χ1v) is 4.76. The first-order chi connectivity index (χ1) is 6.09. The summed E-state index contributed by atoms with van der Waals surface area (Å²) in [7, 11) is 1.73. The molecule has 0 saturated heterocycles.